The summed E-state index contributed by atoms with van der Waals surface area (Å²) in [6.45, 7) is 5.81. The van der Waals surface area contributed by atoms with Gasteiger partial charge in [0.15, 0.2) is 11.5 Å². The molecule has 1 aliphatic rings. The Kier molecular flexibility index (Phi) is 9.70. The van der Waals surface area contributed by atoms with Crippen LogP contribution in [0.5, 0.6) is 11.5 Å². The maximum absolute atomic E-state index is 13.6. The Labute approximate surface area is 251 Å². The highest BCUT2D eigenvalue weighted by atomic mass is 16.5. The number of nitrogens with zero attached hydrogens (tertiary/aromatic N) is 4. The fraction of sp³-hybridized carbons (Fsp3) is 0.303. The van der Waals surface area contributed by atoms with E-state index in [0.717, 1.165) is 29.9 Å². The van der Waals surface area contributed by atoms with E-state index in [1.165, 1.54) is 0 Å². The number of ether oxygens (including phenoxy) is 3. The average Bonchev–Trinajstić information content (AvgIpc) is 3.47. The van der Waals surface area contributed by atoms with E-state index in [1.807, 2.05) is 67.7 Å². The number of anilines is 1. The van der Waals surface area contributed by atoms with Gasteiger partial charge in [0.2, 0.25) is 11.9 Å². The molecule has 0 radical (unpaired) electrons. The smallest absolute Gasteiger partial charge is 0.254 e. The lowest BCUT2D eigenvalue weighted by Gasteiger charge is -2.30. The maximum atomic E-state index is 13.6. The van der Waals surface area contributed by atoms with Gasteiger partial charge in [-0.25, -0.2) is 4.98 Å². The third-order valence-electron chi connectivity index (χ3n) is 7.38. The van der Waals surface area contributed by atoms with Crippen molar-refractivity contribution in [1.82, 2.24) is 19.4 Å². The highest BCUT2D eigenvalue weighted by Crippen LogP contribution is 2.31. The van der Waals surface area contributed by atoms with Crippen LogP contribution in [0.1, 0.15) is 15.9 Å². The summed E-state index contributed by atoms with van der Waals surface area (Å²) in [5.41, 5.74) is 3.91. The summed E-state index contributed by atoms with van der Waals surface area (Å²) in [6.07, 6.45) is 1.86. The first-order valence-electron chi connectivity index (χ1n) is 14.3. The Hall–Kier alpha value is -4.67. The van der Waals surface area contributed by atoms with Gasteiger partial charge >= 0.3 is 0 Å². The van der Waals surface area contributed by atoms with E-state index in [4.69, 9.17) is 19.2 Å². The Bertz CT molecular complexity index is 1530. The van der Waals surface area contributed by atoms with E-state index in [-0.39, 0.29) is 18.4 Å². The second-order valence-electron chi connectivity index (χ2n) is 10.3. The third kappa shape index (κ3) is 7.40. The van der Waals surface area contributed by atoms with Gasteiger partial charge in [0.25, 0.3) is 5.91 Å². The van der Waals surface area contributed by atoms with E-state index in [9.17, 15) is 9.59 Å². The molecule has 0 saturated carbocycles. The van der Waals surface area contributed by atoms with Gasteiger partial charge in [0.05, 0.1) is 38.8 Å². The summed E-state index contributed by atoms with van der Waals surface area (Å²) in [5, 5.41) is 2.96. The zero-order valence-electron chi connectivity index (χ0n) is 24.8. The first-order valence-corrected chi connectivity index (χ1v) is 14.3. The minimum Gasteiger partial charge on any atom is -0.493 e. The summed E-state index contributed by atoms with van der Waals surface area (Å²) in [6, 6.07) is 22.6. The number of aromatic nitrogens is 2. The molecule has 1 aromatic heterocycles. The summed E-state index contributed by atoms with van der Waals surface area (Å²) >= 11 is 0. The predicted octanol–water partition coefficient (Wildman–Crippen LogP) is 4.28. The number of carbonyl (C=O) groups is 2. The van der Waals surface area contributed by atoms with Crippen LogP contribution in [-0.2, 0) is 9.53 Å². The lowest BCUT2D eigenvalue weighted by molar-refractivity contribution is -0.117. The maximum Gasteiger partial charge on any atom is 0.254 e. The molecule has 0 spiro atoms. The van der Waals surface area contributed by atoms with Crippen LogP contribution in [0.15, 0.2) is 79.0 Å². The fourth-order valence-corrected chi connectivity index (χ4v) is 4.94. The monoisotopic (exact) mass is 583 g/mol. The average molecular weight is 584 g/mol. The van der Waals surface area contributed by atoms with Crippen LogP contribution in [-0.4, -0.2) is 91.3 Å². The molecule has 1 fully saturated rings. The number of aryl methyl sites for hydroxylation is 1. The van der Waals surface area contributed by atoms with Gasteiger partial charge in [-0.05, 0) is 31.2 Å². The van der Waals surface area contributed by atoms with Gasteiger partial charge < -0.3 is 19.1 Å². The van der Waals surface area contributed by atoms with Gasteiger partial charge in [0.1, 0.15) is 6.54 Å². The zero-order valence-corrected chi connectivity index (χ0v) is 24.8. The van der Waals surface area contributed by atoms with Crippen LogP contribution in [0.2, 0.25) is 0 Å². The summed E-state index contributed by atoms with van der Waals surface area (Å²) < 4.78 is 18.2. The van der Waals surface area contributed by atoms with Crippen molar-refractivity contribution in [2.45, 2.75) is 6.92 Å². The van der Waals surface area contributed by atoms with Gasteiger partial charge in [-0.2, -0.15) is 0 Å². The van der Waals surface area contributed by atoms with Crippen molar-refractivity contribution < 1.29 is 23.8 Å². The molecule has 3 aromatic carbocycles. The molecule has 0 aliphatic carbocycles. The number of carbonyl (C=O) groups excluding carboxylic acids is 2. The van der Waals surface area contributed by atoms with E-state index in [0.29, 0.717) is 55.0 Å². The van der Waals surface area contributed by atoms with Crippen molar-refractivity contribution in [2.24, 2.45) is 0 Å². The summed E-state index contributed by atoms with van der Waals surface area (Å²) in [4.78, 5) is 35.8. The largest absolute Gasteiger partial charge is 0.493 e. The number of morpholine rings is 1. The van der Waals surface area contributed by atoms with Crippen molar-refractivity contribution in [3.8, 4) is 28.4 Å². The minimum atomic E-state index is -0.352. The number of hydrogen-bond acceptors (Lipinski definition) is 7. The minimum absolute atomic E-state index is 0.128. The van der Waals surface area contributed by atoms with Crippen molar-refractivity contribution in [2.75, 3.05) is 65.5 Å². The van der Waals surface area contributed by atoms with Crippen molar-refractivity contribution in [3.63, 3.8) is 0 Å². The Balaban J connectivity index is 1.41. The highest BCUT2D eigenvalue weighted by Gasteiger charge is 2.23. The molecule has 1 N–H and O–H groups in total. The first-order chi connectivity index (χ1) is 20.9. The lowest BCUT2D eigenvalue weighted by atomic mass is 10.1. The molecule has 0 bridgehead atoms. The normalized spacial score (nSPS) is 13.4. The topological polar surface area (TPSA) is 98.2 Å². The van der Waals surface area contributed by atoms with E-state index in [2.05, 4.69) is 10.2 Å². The second kappa shape index (κ2) is 14.0. The van der Waals surface area contributed by atoms with Crippen molar-refractivity contribution in [1.29, 1.82) is 0 Å². The molecule has 5 rings (SSSR count). The molecule has 1 saturated heterocycles. The van der Waals surface area contributed by atoms with Crippen LogP contribution < -0.4 is 14.8 Å². The number of rotatable bonds is 11. The number of hydrogen-bond donors (Lipinski definition) is 1. The molecule has 2 amide bonds. The Morgan fingerprint density at radius 2 is 1.67 bits per heavy atom. The first kappa shape index (κ1) is 29.8. The zero-order chi connectivity index (χ0) is 30.2. The number of amides is 2. The predicted molar refractivity (Wildman–Crippen MR) is 165 cm³/mol. The number of methoxy groups -OCH3 is 2. The summed E-state index contributed by atoms with van der Waals surface area (Å²) in [5.74, 6) is 0.911. The lowest BCUT2D eigenvalue weighted by Crippen LogP contribution is -2.45. The molecule has 10 heteroatoms. The van der Waals surface area contributed by atoms with Gasteiger partial charge in [0, 0.05) is 49.6 Å². The molecule has 10 nitrogen and oxygen atoms in total. The molecule has 1 aliphatic heterocycles. The van der Waals surface area contributed by atoms with E-state index >= 15 is 0 Å². The van der Waals surface area contributed by atoms with Crippen LogP contribution in [0.4, 0.5) is 5.95 Å². The Morgan fingerprint density at radius 3 is 2.37 bits per heavy atom. The van der Waals surface area contributed by atoms with Crippen molar-refractivity contribution in [3.05, 3.63) is 90.1 Å². The number of imidazole rings is 1. The van der Waals surface area contributed by atoms with Gasteiger partial charge in [-0.1, -0.05) is 48.0 Å². The van der Waals surface area contributed by atoms with Crippen LogP contribution in [0, 0.1) is 6.92 Å². The highest BCUT2D eigenvalue weighted by molar-refractivity contribution is 5.99. The Morgan fingerprint density at radius 1 is 0.953 bits per heavy atom. The van der Waals surface area contributed by atoms with Gasteiger partial charge in [-0.15, -0.1) is 0 Å². The molecule has 2 heterocycles. The number of benzene rings is 3. The molecule has 0 atom stereocenters. The third-order valence-corrected chi connectivity index (χ3v) is 7.38. The SMILES string of the molecule is COc1ccc(-n2cc(-c3ccccc3)nc2NC(=O)CN(CCN2CCOCC2)C(=O)c2ccc(C)cc2)cc1OC. The molecular formula is C33H37N5O5. The molecule has 0 unspecified atom stereocenters. The standard InChI is InChI=1S/C33H37N5O5/c1-24-9-11-26(12-10-24)32(40)37(16-15-36-17-19-43-20-18-36)23-31(39)35-33-34-28(25-7-5-4-6-8-25)22-38(33)27-13-14-29(41-2)30(21-27)42-3/h4-14,21-22H,15-20,23H2,1-3H3,(H,34,35,39). The summed E-state index contributed by atoms with van der Waals surface area (Å²) in [7, 11) is 3.15. The molecular weight excluding hydrogens is 546 g/mol. The van der Waals surface area contributed by atoms with E-state index in [1.54, 1.807) is 41.9 Å². The van der Waals surface area contributed by atoms with Gasteiger partial charge in [-0.3, -0.25) is 24.4 Å². The number of nitrogens with one attached hydrogen (secondary N) is 1. The van der Waals surface area contributed by atoms with Crippen LogP contribution in [0.25, 0.3) is 16.9 Å². The van der Waals surface area contributed by atoms with Crippen LogP contribution >= 0.6 is 0 Å². The molecule has 43 heavy (non-hydrogen) atoms. The molecule has 4 aromatic rings. The molecule has 224 valence electrons. The van der Waals surface area contributed by atoms with Crippen LogP contribution in [0.3, 0.4) is 0 Å². The van der Waals surface area contributed by atoms with Crippen molar-refractivity contribution >= 4 is 17.8 Å². The fourth-order valence-electron chi connectivity index (χ4n) is 4.94. The second-order valence-corrected chi connectivity index (χ2v) is 10.3. The quantitative estimate of drug-likeness (QED) is 0.282. The van der Waals surface area contributed by atoms with E-state index < -0.39 is 0 Å².